The Kier molecular flexibility index (Phi) is 5.44. The second-order valence-corrected chi connectivity index (χ2v) is 10.00. The van der Waals surface area contributed by atoms with Crippen molar-refractivity contribution in [2.75, 3.05) is 33.4 Å². The highest BCUT2D eigenvalue weighted by atomic mass is 32.2. The number of ether oxygens (including phenoxy) is 3. The maximum atomic E-state index is 13.5. The molecule has 0 saturated carbocycles. The monoisotopic (exact) mass is 473 g/mol. The van der Waals surface area contributed by atoms with Crippen LogP contribution in [0.5, 0.6) is 5.75 Å². The lowest BCUT2D eigenvalue weighted by Gasteiger charge is -2.37. The van der Waals surface area contributed by atoms with Crippen molar-refractivity contribution < 1.29 is 32.2 Å². The van der Waals surface area contributed by atoms with Gasteiger partial charge in [0.2, 0.25) is 10.0 Å². The molecule has 4 heterocycles. The van der Waals surface area contributed by atoms with Gasteiger partial charge in [0.15, 0.2) is 5.79 Å². The first kappa shape index (κ1) is 22.0. The first-order chi connectivity index (χ1) is 15.8. The van der Waals surface area contributed by atoms with Gasteiger partial charge in [-0.25, -0.2) is 8.42 Å². The second kappa shape index (κ2) is 8.17. The summed E-state index contributed by atoms with van der Waals surface area (Å²) in [5, 5.41) is 0. The number of aromatic nitrogens is 1. The number of amides is 2. The maximum Gasteiger partial charge on any atom is 0.280 e. The Hall–Kier alpha value is -2.86. The molecule has 0 radical (unpaired) electrons. The highest BCUT2D eigenvalue weighted by Crippen LogP contribution is 2.36. The Labute approximate surface area is 191 Å². The number of nitrogens with zero attached hydrogens (tertiary/aromatic N) is 3. The van der Waals surface area contributed by atoms with Crippen molar-refractivity contribution in [2.24, 2.45) is 0 Å². The topological polar surface area (TPSA) is 115 Å². The van der Waals surface area contributed by atoms with Crippen molar-refractivity contribution in [3.8, 4) is 5.75 Å². The molecule has 3 aliphatic rings. The molecule has 0 bridgehead atoms. The van der Waals surface area contributed by atoms with Crippen molar-refractivity contribution in [3.63, 3.8) is 0 Å². The summed E-state index contributed by atoms with van der Waals surface area (Å²) in [6.45, 7) is 1.44. The zero-order valence-corrected chi connectivity index (χ0v) is 18.8. The van der Waals surface area contributed by atoms with E-state index in [0.29, 0.717) is 31.6 Å². The van der Waals surface area contributed by atoms with Gasteiger partial charge in [0.25, 0.3) is 11.8 Å². The second-order valence-electron chi connectivity index (χ2n) is 8.09. The molecule has 2 saturated heterocycles. The quantitative estimate of drug-likeness (QED) is 0.599. The summed E-state index contributed by atoms with van der Waals surface area (Å²) in [5.74, 6) is -1.47. The third kappa shape index (κ3) is 3.70. The largest absolute Gasteiger partial charge is 0.495 e. The molecule has 0 aliphatic carbocycles. The van der Waals surface area contributed by atoms with E-state index in [9.17, 15) is 18.0 Å². The van der Waals surface area contributed by atoms with Gasteiger partial charge in [-0.05, 0) is 29.8 Å². The summed E-state index contributed by atoms with van der Waals surface area (Å²) in [5.41, 5.74) is 0.824. The highest BCUT2D eigenvalue weighted by Gasteiger charge is 2.43. The van der Waals surface area contributed by atoms with Crippen LogP contribution in [0.15, 0.2) is 41.4 Å². The Balaban J connectivity index is 1.40. The normalized spacial score (nSPS) is 20.5. The molecular formula is C22H23N3O7S. The Bertz CT molecular complexity index is 1180. The van der Waals surface area contributed by atoms with Crippen LogP contribution in [0.2, 0.25) is 0 Å². The number of piperidine rings is 1. The number of fused-ring (bicyclic) bond motifs is 1. The van der Waals surface area contributed by atoms with Gasteiger partial charge in [-0.2, -0.15) is 4.31 Å². The van der Waals surface area contributed by atoms with Crippen molar-refractivity contribution in [1.82, 2.24) is 14.2 Å². The third-order valence-electron chi connectivity index (χ3n) is 6.22. The number of hydrogen-bond acceptors (Lipinski definition) is 8. The molecule has 1 aromatic carbocycles. The van der Waals surface area contributed by atoms with E-state index >= 15 is 0 Å². The molecule has 1 spiro atoms. The molecule has 0 atom stereocenters. The number of methoxy groups -OCH3 is 1. The zero-order valence-electron chi connectivity index (χ0n) is 18.0. The standard InChI is InChI=1S/C22H23N3O7S/c1-30-17-5-4-15(14-25-20(26)16-3-2-8-23-19(16)21(25)27)13-18(17)33(28,29)24-9-6-22(7-10-24)31-11-12-32-22/h2-5,8,13H,6-7,9-12,14H2,1H3. The molecule has 3 aliphatic heterocycles. The number of pyridine rings is 1. The lowest BCUT2D eigenvalue weighted by Crippen LogP contribution is -2.47. The van der Waals surface area contributed by atoms with Gasteiger partial charge in [0.1, 0.15) is 16.3 Å². The fraction of sp³-hybridized carbons (Fsp3) is 0.409. The maximum absolute atomic E-state index is 13.5. The zero-order chi connectivity index (χ0) is 23.2. The van der Waals surface area contributed by atoms with Crippen LogP contribution in [0.1, 0.15) is 39.3 Å². The number of carbonyl (C=O) groups excluding carboxylic acids is 2. The van der Waals surface area contributed by atoms with E-state index in [1.807, 2.05) is 0 Å². The average molecular weight is 474 g/mol. The smallest absolute Gasteiger partial charge is 0.280 e. The van der Waals surface area contributed by atoms with E-state index < -0.39 is 27.6 Å². The molecule has 2 aromatic rings. The van der Waals surface area contributed by atoms with Crippen LogP contribution < -0.4 is 4.74 Å². The van der Waals surface area contributed by atoms with Crippen LogP contribution in [-0.2, 0) is 26.0 Å². The summed E-state index contributed by atoms with van der Waals surface area (Å²) < 4.78 is 45.0. The SMILES string of the molecule is COc1ccc(CN2C(=O)c3cccnc3C2=O)cc1S(=O)(=O)N1CCC2(CC1)OCCO2. The number of carbonyl (C=O) groups is 2. The Morgan fingerprint density at radius 2 is 1.82 bits per heavy atom. The van der Waals surface area contributed by atoms with Crippen molar-refractivity contribution in [1.29, 1.82) is 0 Å². The summed E-state index contributed by atoms with van der Waals surface area (Å²) in [7, 11) is -2.49. The van der Waals surface area contributed by atoms with Crippen molar-refractivity contribution in [3.05, 3.63) is 53.3 Å². The fourth-order valence-electron chi connectivity index (χ4n) is 4.45. The van der Waals surface area contributed by atoms with E-state index in [4.69, 9.17) is 14.2 Å². The first-order valence-electron chi connectivity index (χ1n) is 10.6. The Morgan fingerprint density at radius 1 is 1.09 bits per heavy atom. The van der Waals surface area contributed by atoms with Gasteiger partial charge in [0.05, 0.1) is 32.4 Å². The summed E-state index contributed by atoms with van der Waals surface area (Å²) in [4.78, 5) is 30.4. The Morgan fingerprint density at radius 3 is 2.48 bits per heavy atom. The van der Waals surface area contributed by atoms with Gasteiger partial charge in [-0.1, -0.05) is 6.07 Å². The number of rotatable bonds is 5. The van der Waals surface area contributed by atoms with E-state index in [-0.39, 0.29) is 41.5 Å². The number of imide groups is 1. The molecule has 2 fully saturated rings. The van der Waals surface area contributed by atoms with E-state index in [1.165, 1.54) is 29.7 Å². The summed E-state index contributed by atoms with van der Waals surface area (Å²) in [6.07, 6.45) is 2.34. The van der Waals surface area contributed by atoms with Crippen molar-refractivity contribution >= 4 is 21.8 Å². The molecule has 5 rings (SSSR count). The highest BCUT2D eigenvalue weighted by molar-refractivity contribution is 7.89. The van der Waals surface area contributed by atoms with Crippen LogP contribution in [0.25, 0.3) is 0 Å². The number of hydrogen-bond donors (Lipinski definition) is 0. The fourth-order valence-corrected chi connectivity index (χ4v) is 6.10. The van der Waals surface area contributed by atoms with Gasteiger partial charge in [-0.15, -0.1) is 0 Å². The summed E-state index contributed by atoms with van der Waals surface area (Å²) >= 11 is 0. The molecule has 174 valence electrons. The molecule has 2 amide bonds. The lowest BCUT2D eigenvalue weighted by atomic mass is 10.1. The molecule has 1 aromatic heterocycles. The van der Waals surface area contributed by atoms with Crippen LogP contribution in [0.4, 0.5) is 0 Å². The van der Waals surface area contributed by atoms with Crippen molar-refractivity contribution in [2.45, 2.75) is 30.1 Å². The van der Waals surface area contributed by atoms with Crippen LogP contribution >= 0.6 is 0 Å². The van der Waals surface area contributed by atoms with E-state index in [1.54, 1.807) is 18.2 Å². The number of sulfonamides is 1. The number of benzene rings is 1. The minimum atomic E-state index is -3.89. The van der Waals surface area contributed by atoms with E-state index in [0.717, 1.165) is 4.90 Å². The van der Waals surface area contributed by atoms with E-state index in [2.05, 4.69) is 4.98 Å². The molecule has 11 heteroatoms. The van der Waals surface area contributed by atoms with Gasteiger partial charge in [-0.3, -0.25) is 19.5 Å². The third-order valence-corrected chi connectivity index (χ3v) is 8.14. The van der Waals surface area contributed by atoms with Gasteiger partial charge < -0.3 is 14.2 Å². The predicted molar refractivity (Wildman–Crippen MR) is 114 cm³/mol. The summed E-state index contributed by atoms with van der Waals surface area (Å²) in [6, 6.07) is 7.77. The van der Waals surface area contributed by atoms with Crippen LogP contribution in [0.3, 0.4) is 0 Å². The minimum absolute atomic E-state index is 0.0126. The predicted octanol–water partition coefficient (Wildman–Crippen LogP) is 1.41. The lowest BCUT2D eigenvalue weighted by molar-refractivity contribution is -0.179. The molecular weight excluding hydrogens is 450 g/mol. The first-order valence-corrected chi connectivity index (χ1v) is 12.0. The van der Waals surface area contributed by atoms with Gasteiger partial charge in [0, 0.05) is 32.1 Å². The average Bonchev–Trinajstić information content (AvgIpc) is 3.38. The van der Waals surface area contributed by atoms with Gasteiger partial charge >= 0.3 is 0 Å². The molecule has 0 unspecified atom stereocenters. The van der Waals surface area contributed by atoms with Crippen LogP contribution in [-0.4, -0.2) is 73.6 Å². The molecule has 10 nitrogen and oxygen atoms in total. The molecule has 0 N–H and O–H groups in total. The molecule has 33 heavy (non-hydrogen) atoms. The minimum Gasteiger partial charge on any atom is -0.495 e. The van der Waals surface area contributed by atoms with Crippen LogP contribution in [0, 0.1) is 0 Å².